The second-order valence-electron chi connectivity index (χ2n) is 11.9. The van der Waals surface area contributed by atoms with Gasteiger partial charge in [0.2, 0.25) is 0 Å². The highest BCUT2D eigenvalue weighted by molar-refractivity contribution is 7.00. The Morgan fingerprint density at radius 1 is 0.639 bits per heavy atom. The first kappa shape index (κ1) is 25.1. The van der Waals surface area contributed by atoms with Crippen LogP contribution in [0.3, 0.4) is 0 Å². The van der Waals surface area contributed by atoms with E-state index in [-0.39, 0.29) is 5.41 Å². The molecule has 0 fully saturated rings. The summed E-state index contributed by atoms with van der Waals surface area (Å²) in [7, 11) is 0. The summed E-state index contributed by atoms with van der Waals surface area (Å²) < 4.78 is 9.86. The van der Waals surface area contributed by atoms with Crippen molar-refractivity contribution in [1.82, 2.24) is 8.75 Å². The van der Waals surface area contributed by atoms with E-state index in [0.29, 0.717) is 5.92 Å². The first-order valence-electron chi connectivity index (χ1n) is 13.9. The van der Waals surface area contributed by atoms with Crippen LogP contribution < -0.4 is 0 Å². The molecule has 3 aromatic carbocycles. The van der Waals surface area contributed by atoms with Crippen LogP contribution in [0, 0.1) is 0 Å². The third-order valence-corrected chi connectivity index (χ3v) is 8.47. The van der Waals surface area contributed by atoms with Crippen LogP contribution in [0.2, 0.25) is 0 Å². The van der Waals surface area contributed by atoms with Gasteiger partial charge in [0, 0.05) is 11.1 Å². The fourth-order valence-corrected chi connectivity index (χ4v) is 6.32. The molecule has 0 bridgehead atoms. The third-order valence-electron chi connectivity index (χ3n) is 7.94. The summed E-state index contributed by atoms with van der Waals surface area (Å²) in [5, 5.41) is 0. The second kappa shape index (κ2) is 10.5. The summed E-state index contributed by atoms with van der Waals surface area (Å²) in [6, 6.07) is 18.5. The molecule has 0 spiro atoms. The molecule has 1 aromatic heterocycles. The van der Waals surface area contributed by atoms with Crippen molar-refractivity contribution in [1.29, 1.82) is 0 Å². The fraction of sp³-hybridized carbons (Fsp3) is 0.455. The Hall–Kier alpha value is -2.52. The van der Waals surface area contributed by atoms with Gasteiger partial charge >= 0.3 is 0 Å². The molecule has 5 rings (SSSR count). The first-order valence-corrected chi connectivity index (χ1v) is 14.6. The molecule has 4 aromatic rings. The monoisotopic (exact) mass is 496 g/mol. The first-order chi connectivity index (χ1) is 17.3. The van der Waals surface area contributed by atoms with Gasteiger partial charge in [-0.1, -0.05) is 109 Å². The average Bonchev–Trinajstić information content (AvgIpc) is 3.34. The van der Waals surface area contributed by atoms with Gasteiger partial charge in [0.05, 0.1) is 11.7 Å². The van der Waals surface area contributed by atoms with Crippen molar-refractivity contribution in [3.63, 3.8) is 0 Å². The zero-order chi connectivity index (χ0) is 25.3. The molecule has 1 aliphatic carbocycles. The van der Waals surface area contributed by atoms with E-state index < -0.39 is 0 Å². The van der Waals surface area contributed by atoms with E-state index in [0.717, 1.165) is 23.9 Å². The normalized spacial score (nSPS) is 15.3. The second-order valence-corrected chi connectivity index (χ2v) is 12.4. The Bertz CT molecular complexity index is 1320. The molecule has 2 nitrogen and oxygen atoms in total. The van der Waals surface area contributed by atoms with Gasteiger partial charge in [0.15, 0.2) is 0 Å². The molecule has 0 atom stereocenters. The molecular formula is C33H40N2S. The number of aromatic nitrogens is 2. The van der Waals surface area contributed by atoms with E-state index in [2.05, 4.69) is 83.1 Å². The van der Waals surface area contributed by atoms with Gasteiger partial charge in [-0.15, -0.1) is 0 Å². The minimum atomic E-state index is 0.146. The van der Waals surface area contributed by atoms with Crippen molar-refractivity contribution in [2.24, 2.45) is 0 Å². The van der Waals surface area contributed by atoms with Crippen molar-refractivity contribution in [3.8, 4) is 22.3 Å². The van der Waals surface area contributed by atoms with Crippen LogP contribution in [-0.2, 0) is 18.3 Å². The highest BCUT2D eigenvalue weighted by Gasteiger charge is 2.24. The van der Waals surface area contributed by atoms with Crippen molar-refractivity contribution >= 4 is 22.8 Å². The molecule has 1 heterocycles. The van der Waals surface area contributed by atoms with Crippen LogP contribution in [0.4, 0.5) is 0 Å². The van der Waals surface area contributed by atoms with Gasteiger partial charge in [0.25, 0.3) is 0 Å². The van der Waals surface area contributed by atoms with Crippen LogP contribution in [0.1, 0.15) is 101 Å². The third kappa shape index (κ3) is 5.00. The van der Waals surface area contributed by atoms with E-state index in [9.17, 15) is 0 Å². The fourth-order valence-electron chi connectivity index (χ4n) is 5.76. The Morgan fingerprint density at radius 2 is 1.08 bits per heavy atom. The highest BCUT2D eigenvalue weighted by atomic mass is 32.1. The van der Waals surface area contributed by atoms with Crippen LogP contribution in [0.25, 0.3) is 33.3 Å². The van der Waals surface area contributed by atoms with E-state index >= 15 is 0 Å². The topological polar surface area (TPSA) is 25.8 Å². The number of benzene rings is 3. The summed E-state index contributed by atoms with van der Waals surface area (Å²) in [6.07, 6.45) is 10.1. The van der Waals surface area contributed by atoms with Gasteiger partial charge in [-0.05, 0) is 70.4 Å². The van der Waals surface area contributed by atoms with Crippen molar-refractivity contribution < 1.29 is 0 Å². The maximum absolute atomic E-state index is 4.93. The van der Waals surface area contributed by atoms with Gasteiger partial charge in [-0.25, -0.2) is 0 Å². The van der Waals surface area contributed by atoms with Crippen LogP contribution in [0.5, 0.6) is 0 Å². The van der Waals surface area contributed by atoms with E-state index in [1.165, 1.54) is 94.8 Å². The number of fused-ring (bicyclic) bond motifs is 2. The Balaban J connectivity index is 1.76. The number of rotatable bonds is 3. The highest BCUT2D eigenvalue weighted by Crippen LogP contribution is 2.43. The lowest BCUT2D eigenvalue weighted by atomic mass is 9.81. The summed E-state index contributed by atoms with van der Waals surface area (Å²) >= 11 is 1.36. The van der Waals surface area contributed by atoms with Gasteiger partial charge in [-0.2, -0.15) is 8.75 Å². The number of hydrogen-bond acceptors (Lipinski definition) is 3. The molecule has 0 unspecified atom stereocenters. The van der Waals surface area contributed by atoms with Gasteiger partial charge < -0.3 is 0 Å². The predicted molar refractivity (Wildman–Crippen MR) is 156 cm³/mol. The molecule has 188 valence electrons. The van der Waals surface area contributed by atoms with Crippen molar-refractivity contribution in [2.75, 3.05) is 0 Å². The van der Waals surface area contributed by atoms with E-state index in [4.69, 9.17) is 8.75 Å². The maximum atomic E-state index is 4.93. The molecule has 0 amide bonds. The summed E-state index contributed by atoms with van der Waals surface area (Å²) in [5.41, 5.74) is 13.4. The molecule has 3 heteroatoms. The molecule has 0 aliphatic heterocycles. The molecule has 0 N–H and O–H groups in total. The molecule has 0 saturated carbocycles. The molecule has 36 heavy (non-hydrogen) atoms. The SMILES string of the molecule is CC(C)c1ccc(-c2c3c(c(-c4ccc(C(C)(C)C)cc4)c4nsnc24)CCCCCCCC3)cc1. The standard InChI is InChI=1S/C33H40N2S/c1-22(2)23-14-16-24(17-15-23)29-27-12-10-8-6-7-9-11-13-28(27)30(32-31(29)34-36-35-32)25-18-20-26(21-19-25)33(3,4)5/h14-22H,6-13H2,1-5H3. The molecule has 0 saturated heterocycles. The molecule has 1 aliphatic rings. The smallest absolute Gasteiger partial charge is 0.113 e. The molecule has 0 radical (unpaired) electrons. The van der Waals surface area contributed by atoms with E-state index in [1.54, 1.807) is 0 Å². The molecular weight excluding hydrogens is 456 g/mol. The summed E-state index contributed by atoms with van der Waals surface area (Å²) in [6.45, 7) is 11.4. The van der Waals surface area contributed by atoms with Crippen molar-refractivity contribution in [3.05, 3.63) is 70.8 Å². The minimum Gasteiger partial charge on any atom is -0.172 e. The lowest BCUT2D eigenvalue weighted by Crippen LogP contribution is -2.10. The minimum absolute atomic E-state index is 0.146. The summed E-state index contributed by atoms with van der Waals surface area (Å²) in [5.74, 6) is 0.534. The lowest BCUT2D eigenvalue weighted by Gasteiger charge is -2.23. The quantitative estimate of drug-likeness (QED) is 0.282. The van der Waals surface area contributed by atoms with E-state index in [1.807, 2.05) is 0 Å². The van der Waals surface area contributed by atoms with Gasteiger partial charge in [-0.3, -0.25) is 0 Å². The van der Waals surface area contributed by atoms with Crippen LogP contribution in [0.15, 0.2) is 48.5 Å². The number of nitrogens with zero attached hydrogens (tertiary/aromatic N) is 2. The zero-order valence-electron chi connectivity index (χ0n) is 22.7. The van der Waals surface area contributed by atoms with Crippen LogP contribution in [-0.4, -0.2) is 8.75 Å². The Labute approximate surface area is 221 Å². The average molecular weight is 497 g/mol. The van der Waals surface area contributed by atoms with Crippen molar-refractivity contribution in [2.45, 2.75) is 97.3 Å². The van der Waals surface area contributed by atoms with Crippen LogP contribution >= 0.6 is 11.7 Å². The Kier molecular flexibility index (Phi) is 7.30. The summed E-state index contributed by atoms with van der Waals surface area (Å²) in [4.78, 5) is 0. The predicted octanol–water partition coefficient (Wildman–Crippen LogP) is 9.89. The largest absolute Gasteiger partial charge is 0.172 e. The lowest BCUT2D eigenvalue weighted by molar-refractivity contribution is 0.582. The Morgan fingerprint density at radius 3 is 1.53 bits per heavy atom. The number of hydrogen-bond donors (Lipinski definition) is 0. The zero-order valence-corrected chi connectivity index (χ0v) is 23.5. The van der Waals surface area contributed by atoms with Gasteiger partial charge in [0.1, 0.15) is 11.0 Å². The maximum Gasteiger partial charge on any atom is 0.113 e.